The molecular weight excluding hydrogens is 348 g/mol. The van der Waals surface area contributed by atoms with Gasteiger partial charge in [-0.3, -0.25) is 9.59 Å². The summed E-state index contributed by atoms with van der Waals surface area (Å²) < 4.78 is 5.05. The van der Waals surface area contributed by atoms with Gasteiger partial charge in [0.2, 0.25) is 5.91 Å². The number of thiazole rings is 1. The number of carbonyl (C=O) groups is 3. The number of anilines is 1. The first kappa shape index (κ1) is 18.2. The third kappa shape index (κ3) is 4.42. The molecular formula is C16H16N2O4S2. The number of rotatable bonds is 6. The van der Waals surface area contributed by atoms with E-state index in [1.807, 2.05) is 6.26 Å². The number of carbonyl (C=O) groups excluding carboxylic acids is 3. The van der Waals surface area contributed by atoms with Crippen LogP contribution in [0.4, 0.5) is 5.69 Å². The quantitative estimate of drug-likeness (QED) is 0.481. The van der Waals surface area contributed by atoms with Crippen molar-refractivity contribution < 1.29 is 19.1 Å². The van der Waals surface area contributed by atoms with Crippen molar-refractivity contribution in [1.82, 2.24) is 4.98 Å². The van der Waals surface area contributed by atoms with E-state index in [4.69, 9.17) is 4.74 Å². The van der Waals surface area contributed by atoms with E-state index >= 15 is 0 Å². The lowest BCUT2D eigenvalue weighted by Gasteiger charge is -2.10. The minimum Gasteiger partial charge on any atom is -0.453 e. The van der Waals surface area contributed by atoms with Crippen LogP contribution in [0, 0.1) is 6.92 Å². The van der Waals surface area contributed by atoms with Gasteiger partial charge < -0.3 is 10.1 Å². The largest absolute Gasteiger partial charge is 0.453 e. The normalized spacial score (nSPS) is 10.3. The van der Waals surface area contributed by atoms with Crippen molar-refractivity contribution in [2.75, 3.05) is 18.2 Å². The van der Waals surface area contributed by atoms with Gasteiger partial charge in [-0.15, -0.1) is 23.1 Å². The first-order valence-electron chi connectivity index (χ1n) is 6.98. The first-order valence-corrected chi connectivity index (χ1v) is 9.09. The highest BCUT2D eigenvalue weighted by Crippen LogP contribution is 2.26. The molecule has 0 bridgehead atoms. The second-order valence-electron chi connectivity index (χ2n) is 4.86. The Kier molecular flexibility index (Phi) is 6.10. The van der Waals surface area contributed by atoms with E-state index in [1.54, 1.807) is 30.6 Å². The highest BCUT2D eigenvalue weighted by molar-refractivity contribution is 7.98. The fourth-order valence-corrected chi connectivity index (χ4v) is 3.18. The zero-order valence-corrected chi connectivity index (χ0v) is 15.0. The molecule has 24 heavy (non-hydrogen) atoms. The standard InChI is InChI=1S/C16H16N2O4S2/c1-9-15(24-8-17-9)16(21)22-7-13(20)11-4-5-14(23-3)12(6-11)18-10(2)19/h4-6,8H,7H2,1-3H3,(H,18,19). The highest BCUT2D eigenvalue weighted by Gasteiger charge is 2.16. The molecule has 0 saturated carbocycles. The number of nitrogens with one attached hydrogen (secondary N) is 1. The molecule has 2 aromatic rings. The molecule has 1 aromatic heterocycles. The van der Waals surface area contributed by atoms with Crippen LogP contribution >= 0.6 is 23.1 Å². The van der Waals surface area contributed by atoms with E-state index in [9.17, 15) is 14.4 Å². The molecule has 0 spiro atoms. The second-order valence-corrected chi connectivity index (χ2v) is 6.57. The molecule has 0 radical (unpaired) electrons. The number of aryl methyl sites for hydroxylation is 1. The number of ether oxygens (including phenoxy) is 1. The molecule has 2 rings (SSSR count). The smallest absolute Gasteiger partial charge is 0.350 e. The number of hydrogen-bond acceptors (Lipinski definition) is 7. The third-order valence-corrected chi connectivity index (χ3v) is 4.80. The van der Waals surface area contributed by atoms with Crippen molar-refractivity contribution in [1.29, 1.82) is 0 Å². The van der Waals surface area contributed by atoms with E-state index in [2.05, 4.69) is 10.3 Å². The van der Waals surface area contributed by atoms with Crippen LogP contribution in [-0.4, -0.2) is 35.5 Å². The Hall–Kier alpha value is -2.19. The lowest BCUT2D eigenvalue weighted by atomic mass is 10.1. The molecule has 0 aliphatic carbocycles. The van der Waals surface area contributed by atoms with Gasteiger partial charge in [0, 0.05) is 17.4 Å². The fourth-order valence-electron chi connectivity index (χ4n) is 1.95. The maximum Gasteiger partial charge on any atom is 0.350 e. The number of nitrogens with zero attached hydrogens (tertiary/aromatic N) is 1. The molecule has 1 amide bonds. The predicted molar refractivity (Wildman–Crippen MR) is 94.0 cm³/mol. The van der Waals surface area contributed by atoms with Gasteiger partial charge in [-0.2, -0.15) is 0 Å². The predicted octanol–water partition coefficient (Wildman–Crippen LogP) is 3.17. The molecule has 0 saturated heterocycles. The molecule has 8 heteroatoms. The van der Waals surface area contributed by atoms with Crippen LogP contribution in [0.15, 0.2) is 28.6 Å². The maximum absolute atomic E-state index is 12.2. The van der Waals surface area contributed by atoms with Crippen LogP contribution in [-0.2, 0) is 9.53 Å². The minimum absolute atomic E-state index is 0.220. The van der Waals surface area contributed by atoms with Gasteiger partial charge in [0.05, 0.1) is 16.9 Å². The van der Waals surface area contributed by atoms with Crippen LogP contribution in [0.2, 0.25) is 0 Å². The third-order valence-electron chi connectivity index (χ3n) is 3.10. The van der Waals surface area contributed by atoms with Crippen molar-refractivity contribution in [3.05, 3.63) is 39.8 Å². The van der Waals surface area contributed by atoms with E-state index in [1.165, 1.54) is 30.0 Å². The van der Waals surface area contributed by atoms with Crippen LogP contribution < -0.4 is 5.32 Å². The van der Waals surface area contributed by atoms with Gasteiger partial charge in [-0.1, -0.05) is 6.07 Å². The lowest BCUT2D eigenvalue weighted by molar-refractivity contribution is -0.114. The second kappa shape index (κ2) is 8.07. The summed E-state index contributed by atoms with van der Waals surface area (Å²) >= 11 is 2.63. The number of Topliss-reactive ketones (excluding diaryl/α,β-unsaturated/α-hetero) is 1. The van der Waals surface area contributed by atoms with E-state index < -0.39 is 5.97 Å². The summed E-state index contributed by atoms with van der Waals surface area (Å²) in [4.78, 5) is 40.6. The fraction of sp³-hybridized carbons (Fsp3) is 0.250. The SMILES string of the molecule is CSc1ccc(C(=O)COC(=O)c2scnc2C)cc1NC(C)=O. The van der Waals surface area contributed by atoms with Crippen LogP contribution in [0.5, 0.6) is 0 Å². The molecule has 1 aromatic carbocycles. The molecule has 6 nitrogen and oxygen atoms in total. The highest BCUT2D eigenvalue weighted by atomic mass is 32.2. The Morgan fingerprint density at radius 3 is 2.67 bits per heavy atom. The Morgan fingerprint density at radius 1 is 1.33 bits per heavy atom. The Labute approximate surface area is 147 Å². The average molecular weight is 364 g/mol. The van der Waals surface area contributed by atoms with Crippen LogP contribution in [0.25, 0.3) is 0 Å². The van der Waals surface area contributed by atoms with Gasteiger partial charge >= 0.3 is 5.97 Å². The molecule has 0 atom stereocenters. The number of hydrogen-bond donors (Lipinski definition) is 1. The van der Waals surface area contributed by atoms with E-state index in [0.717, 1.165) is 4.90 Å². The zero-order valence-electron chi connectivity index (χ0n) is 13.4. The average Bonchev–Trinajstić information content (AvgIpc) is 2.97. The number of ketones is 1. The topological polar surface area (TPSA) is 85.4 Å². The summed E-state index contributed by atoms with van der Waals surface area (Å²) in [6.07, 6.45) is 1.88. The summed E-state index contributed by atoms with van der Waals surface area (Å²) in [6.45, 7) is 2.74. The van der Waals surface area contributed by atoms with Gasteiger partial charge in [0.25, 0.3) is 0 Å². The molecule has 0 fully saturated rings. The summed E-state index contributed by atoms with van der Waals surface area (Å²) in [7, 11) is 0. The lowest BCUT2D eigenvalue weighted by Crippen LogP contribution is -2.15. The summed E-state index contributed by atoms with van der Waals surface area (Å²) in [5, 5.41) is 2.69. The van der Waals surface area contributed by atoms with Crippen molar-refractivity contribution in [3.63, 3.8) is 0 Å². The molecule has 0 aliphatic heterocycles. The van der Waals surface area contributed by atoms with Gasteiger partial charge in [0.15, 0.2) is 12.4 Å². The number of amides is 1. The minimum atomic E-state index is -0.564. The summed E-state index contributed by atoms with van der Waals surface area (Å²) in [5.74, 6) is -1.13. The van der Waals surface area contributed by atoms with Crippen LogP contribution in [0.1, 0.15) is 32.6 Å². The van der Waals surface area contributed by atoms with Crippen molar-refractivity contribution in [2.24, 2.45) is 0 Å². The molecule has 1 heterocycles. The van der Waals surface area contributed by atoms with Gasteiger partial charge in [-0.25, -0.2) is 9.78 Å². The number of esters is 1. The Morgan fingerprint density at radius 2 is 2.08 bits per heavy atom. The van der Waals surface area contributed by atoms with Crippen molar-refractivity contribution >= 4 is 46.4 Å². The van der Waals surface area contributed by atoms with Crippen molar-refractivity contribution in [2.45, 2.75) is 18.7 Å². The first-order chi connectivity index (χ1) is 11.4. The van der Waals surface area contributed by atoms with E-state index in [0.29, 0.717) is 21.8 Å². The number of benzene rings is 1. The Bertz CT molecular complexity index is 786. The number of aromatic nitrogens is 1. The molecule has 0 aliphatic rings. The molecule has 1 N–H and O–H groups in total. The summed E-state index contributed by atoms with van der Waals surface area (Å²) in [5.41, 5.74) is 3.06. The molecule has 126 valence electrons. The van der Waals surface area contributed by atoms with Gasteiger partial charge in [-0.05, 0) is 25.3 Å². The van der Waals surface area contributed by atoms with Gasteiger partial charge in [0.1, 0.15) is 4.88 Å². The maximum atomic E-state index is 12.2. The monoisotopic (exact) mass is 364 g/mol. The molecule has 0 unspecified atom stereocenters. The Balaban J connectivity index is 2.08. The zero-order chi connectivity index (χ0) is 17.7. The number of thioether (sulfide) groups is 1. The van der Waals surface area contributed by atoms with Crippen molar-refractivity contribution in [3.8, 4) is 0 Å². The van der Waals surface area contributed by atoms with Crippen LogP contribution in [0.3, 0.4) is 0 Å². The summed E-state index contributed by atoms with van der Waals surface area (Å²) in [6, 6.07) is 4.98. The van der Waals surface area contributed by atoms with E-state index in [-0.39, 0.29) is 18.3 Å².